The summed E-state index contributed by atoms with van der Waals surface area (Å²) in [6.45, 7) is 3.78. The number of nitrogens with one attached hydrogen (secondary N) is 1. The van der Waals surface area contributed by atoms with Gasteiger partial charge in [0, 0.05) is 17.8 Å². The molecule has 1 nitrogen and oxygen atoms in total. The van der Waals surface area contributed by atoms with Gasteiger partial charge < -0.3 is 5.32 Å². The molecular weight excluding hydrogens is 323 g/mol. The van der Waals surface area contributed by atoms with Crippen molar-refractivity contribution in [3.63, 3.8) is 0 Å². The van der Waals surface area contributed by atoms with Crippen LogP contribution in [0.2, 0.25) is 0 Å². The van der Waals surface area contributed by atoms with Crippen LogP contribution in [0, 0.1) is 17.5 Å². The van der Waals surface area contributed by atoms with Gasteiger partial charge >= 0.3 is 0 Å². The fraction of sp³-hybridized carbons (Fsp3) is 0.111. The Bertz CT molecular complexity index is 776. The summed E-state index contributed by atoms with van der Waals surface area (Å²) in [7, 11) is 0. The van der Waals surface area contributed by atoms with Crippen LogP contribution in [0.1, 0.15) is 17.5 Å². The first-order valence-electron chi connectivity index (χ1n) is 7.00. The highest BCUT2D eigenvalue weighted by Gasteiger charge is 2.27. The summed E-state index contributed by atoms with van der Waals surface area (Å²) in [6, 6.07) is 10.5. The van der Waals surface area contributed by atoms with Crippen LogP contribution in [0.25, 0.3) is 11.3 Å². The van der Waals surface area contributed by atoms with E-state index < -0.39 is 22.8 Å². The normalized spacial score (nSPS) is 18.1. The molecule has 5 heteroatoms. The number of benzene rings is 2. The first-order chi connectivity index (χ1) is 11.0. The van der Waals surface area contributed by atoms with E-state index in [2.05, 4.69) is 11.9 Å². The summed E-state index contributed by atoms with van der Waals surface area (Å²) in [5.74, 6) is -2.91. The van der Waals surface area contributed by atoms with Gasteiger partial charge in [0.1, 0.15) is 17.5 Å². The van der Waals surface area contributed by atoms with Gasteiger partial charge in [-0.15, -0.1) is 11.6 Å². The highest BCUT2D eigenvalue weighted by molar-refractivity contribution is 6.23. The van der Waals surface area contributed by atoms with Gasteiger partial charge in [0.15, 0.2) is 0 Å². The molecule has 3 rings (SSSR count). The van der Waals surface area contributed by atoms with E-state index in [-0.39, 0.29) is 11.3 Å². The van der Waals surface area contributed by atoms with Gasteiger partial charge in [-0.05, 0) is 17.6 Å². The van der Waals surface area contributed by atoms with E-state index in [0.29, 0.717) is 29.8 Å². The Kier molecular flexibility index (Phi) is 4.18. The second-order valence-electron chi connectivity index (χ2n) is 5.29. The van der Waals surface area contributed by atoms with Crippen LogP contribution in [0.15, 0.2) is 54.7 Å². The maximum Gasteiger partial charge on any atom is 0.138 e. The summed E-state index contributed by atoms with van der Waals surface area (Å²) >= 11 is 6.23. The topological polar surface area (TPSA) is 12.0 Å². The van der Waals surface area contributed by atoms with Crippen molar-refractivity contribution >= 4 is 22.9 Å². The van der Waals surface area contributed by atoms with E-state index in [0.717, 1.165) is 5.56 Å². The van der Waals surface area contributed by atoms with Crippen molar-refractivity contribution in [2.75, 3.05) is 0 Å². The fourth-order valence-electron chi connectivity index (χ4n) is 2.61. The third kappa shape index (κ3) is 2.99. The SMILES string of the molecule is C=C1NC(c2c(F)cc(F)cc2F)=C(c2ccccc2)CC1Cl. The molecule has 2 aromatic rings. The Labute approximate surface area is 137 Å². The van der Waals surface area contributed by atoms with Gasteiger partial charge in [-0.25, -0.2) is 13.2 Å². The minimum atomic E-state index is -0.973. The van der Waals surface area contributed by atoms with E-state index in [1.54, 1.807) is 0 Å². The lowest BCUT2D eigenvalue weighted by molar-refractivity contribution is 0.537. The van der Waals surface area contributed by atoms with Crippen molar-refractivity contribution in [3.8, 4) is 0 Å². The van der Waals surface area contributed by atoms with E-state index in [1.807, 2.05) is 30.3 Å². The number of alkyl halides is 1. The zero-order valence-corrected chi connectivity index (χ0v) is 12.8. The molecule has 0 saturated carbocycles. The predicted octanol–water partition coefficient (Wildman–Crippen LogP) is 5.09. The van der Waals surface area contributed by atoms with E-state index in [1.165, 1.54) is 0 Å². The maximum atomic E-state index is 14.2. The molecular formula is C18H13ClF3N. The standard InChI is InChI=1S/C18H13ClF3N/c1-10-14(19)9-13(11-5-3-2-4-6-11)18(23-10)17-15(21)7-12(20)8-16(17)22/h2-8,14,23H,1,9H2. The molecule has 0 saturated heterocycles. The molecule has 0 amide bonds. The molecule has 1 unspecified atom stereocenters. The predicted molar refractivity (Wildman–Crippen MR) is 86.1 cm³/mol. The molecule has 0 radical (unpaired) electrons. The Morgan fingerprint density at radius 2 is 1.65 bits per heavy atom. The number of hydrogen-bond acceptors (Lipinski definition) is 1. The van der Waals surface area contributed by atoms with Crippen molar-refractivity contribution < 1.29 is 13.2 Å². The van der Waals surface area contributed by atoms with Crippen LogP contribution in [0.5, 0.6) is 0 Å². The molecule has 1 aliphatic heterocycles. The smallest absolute Gasteiger partial charge is 0.138 e. The summed E-state index contributed by atoms with van der Waals surface area (Å²) in [6.07, 6.45) is 0.364. The molecule has 1 heterocycles. The quantitative estimate of drug-likeness (QED) is 0.754. The molecule has 1 aliphatic rings. The van der Waals surface area contributed by atoms with Crippen molar-refractivity contribution in [3.05, 3.63) is 83.3 Å². The lowest BCUT2D eigenvalue weighted by Crippen LogP contribution is -2.26. The number of rotatable bonds is 2. The monoisotopic (exact) mass is 335 g/mol. The van der Waals surface area contributed by atoms with E-state index in [4.69, 9.17) is 11.6 Å². The molecule has 0 aliphatic carbocycles. The summed E-state index contributed by atoms with van der Waals surface area (Å²) in [5, 5.41) is 2.48. The zero-order valence-electron chi connectivity index (χ0n) is 12.0. The zero-order chi connectivity index (χ0) is 16.6. The van der Waals surface area contributed by atoms with Crippen LogP contribution < -0.4 is 5.32 Å². The van der Waals surface area contributed by atoms with Gasteiger partial charge in [-0.3, -0.25) is 0 Å². The third-order valence-electron chi connectivity index (χ3n) is 3.73. The summed E-state index contributed by atoms with van der Waals surface area (Å²) in [5.41, 5.74) is 1.81. The summed E-state index contributed by atoms with van der Waals surface area (Å²) in [4.78, 5) is 0. The third-order valence-corrected chi connectivity index (χ3v) is 4.15. The fourth-order valence-corrected chi connectivity index (χ4v) is 2.82. The molecule has 118 valence electrons. The highest BCUT2D eigenvalue weighted by Crippen LogP contribution is 2.37. The molecule has 1 N–H and O–H groups in total. The first-order valence-corrected chi connectivity index (χ1v) is 7.44. The first kappa shape index (κ1) is 15.7. The average Bonchev–Trinajstić information content (AvgIpc) is 2.50. The Hall–Kier alpha value is -2.20. The molecule has 23 heavy (non-hydrogen) atoms. The Morgan fingerprint density at radius 1 is 1.04 bits per heavy atom. The van der Waals surface area contributed by atoms with Gasteiger partial charge in [0.05, 0.1) is 16.6 Å². The molecule has 0 spiro atoms. The second kappa shape index (κ2) is 6.13. The lowest BCUT2D eigenvalue weighted by Gasteiger charge is -2.28. The molecule has 2 aromatic carbocycles. The maximum absolute atomic E-state index is 14.2. The van der Waals surface area contributed by atoms with Crippen molar-refractivity contribution in [2.45, 2.75) is 11.8 Å². The average molecular weight is 336 g/mol. The van der Waals surface area contributed by atoms with Gasteiger partial charge in [0.2, 0.25) is 0 Å². The van der Waals surface area contributed by atoms with Crippen LogP contribution in [0.3, 0.4) is 0 Å². The lowest BCUT2D eigenvalue weighted by atomic mass is 9.91. The number of halogens is 4. The van der Waals surface area contributed by atoms with Crippen LogP contribution in [0.4, 0.5) is 13.2 Å². The van der Waals surface area contributed by atoms with Crippen molar-refractivity contribution in [2.24, 2.45) is 0 Å². The van der Waals surface area contributed by atoms with Crippen molar-refractivity contribution in [1.29, 1.82) is 0 Å². The van der Waals surface area contributed by atoms with Gasteiger partial charge in [-0.2, -0.15) is 0 Å². The second-order valence-corrected chi connectivity index (χ2v) is 5.81. The minimum absolute atomic E-state index is 0.230. The van der Waals surface area contributed by atoms with Gasteiger partial charge in [0.25, 0.3) is 0 Å². The van der Waals surface area contributed by atoms with E-state index in [9.17, 15) is 13.2 Å². The Morgan fingerprint density at radius 3 is 2.26 bits per heavy atom. The largest absolute Gasteiger partial charge is 0.357 e. The molecule has 0 bridgehead atoms. The molecule has 0 aromatic heterocycles. The van der Waals surface area contributed by atoms with Gasteiger partial charge in [-0.1, -0.05) is 36.9 Å². The highest BCUT2D eigenvalue weighted by atomic mass is 35.5. The van der Waals surface area contributed by atoms with E-state index >= 15 is 0 Å². The number of hydrogen-bond donors (Lipinski definition) is 1. The van der Waals surface area contributed by atoms with Crippen LogP contribution in [-0.2, 0) is 0 Å². The summed E-state index contributed by atoms with van der Waals surface area (Å²) < 4.78 is 41.6. The van der Waals surface area contributed by atoms with Crippen molar-refractivity contribution in [1.82, 2.24) is 5.32 Å². The molecule has 1 atom stereocenters. The number of allylic oxidation sites excluding steroid dienone is 2. The minimum Gasteiger partial charge on any atom is -0.357 e. The van der Waals surface area contributed by atoms with Crippen LogP contribution >= 0.6 is 11.6 Å². The van der Waals surface area contributed by atoms with Crippen LogP contribution in [-0.4, -0.2) is 5.38 Å². The molecule has 0 fully saturated rings. The Balaban J connectivity index is 2.25.